The molecule has 0 radical (unpaired) electrons. The molecular weight excluding hydrogens is 830 g/mol. The minimum absolute atomic E-state index is 0.0140. The normalized spacial score (nSPS) is 21.4. The number of hydrogen-bond acceptors (Lipinski definition) is 7. The van der Waals surface area contributed by atoms with E-state index in [4.69, 9.17) is 13.8 Å². The van der Waals surface area contributed by atoms with Gasteiger partial charge in [-0.05, 0) is 105 Å². The SMILES string of the molecule is CC/C(=C\c1cc(I)c(O)c(OC)c1)CC[C@H]1OB(O)C[C@H]2C1=C(CO[Si](c1ccccc1)(c1ccccc1)C(C)(C)C)C[C@H]1C(=O)c3ccccc3C(=O)[C@H]12. The number of carbonyl (C=O) groups is 2. The van der Waals surface area contributed by atoms with E-state index in [0.29, 0.717) is 39.7 Å². The fourth-order valence-corrected chi connectivity index (χ4v) is 14.7. The minimum Gasteiger partial charge on any atom is -0.504 e. The van der Waals surface area contributed by atoms with E-state index in [1.54, 1.807) is 19.2 Å². The van der Waals surface area contributed by atoms with Gasteiger partial charge in [0, 0.05) is 23.0 Å². The van der Waals surface area contributed by atoms with Gasteiger partial charge in [0.25, 0.3) is 8.32 Å². The van der Waals surface area contributed by atoms with E-state index in [1.165, 1.54) is 5.57 Å². The number of halogens is 1. The van der Waals surface area contributed by atoms with Gasteiger partial charge in [-0.15, -0.1) is 0 Å². The third-order valence-electron chi connectivity index (χ3n) is 12.1. The first-order valence-electron chi connectivity index (χ1n) is 19.6. The molecule has 4 atom stereocenters. The predicted molar refractivity (Wildman–Crippen MR) is 233 cm³/mol. The zero-order valence-corrected chi connectivity index (χ0v) is 35.9. The lowest BCUT2D eigenvalue weighted by atomic mass is 9.54. The minimum atomic E-state index is -2.97. The van der Waals surface area contributed by atoms with Gasteiger partial charge in [0.05, 0.1) is 23.4 Å². The highest BCUT2D eigenvalue weighted by Crippen LogP contribution is 2.51. The van der Waals surface area contributed by atoms with Crippen molar-refractivity contribution in [1.82, 2.24) is 0 Å². The molecule has 56 heavy (non-hydrogen) atoms. The van der Waals surface area contributed by atoms with Gasteiger partial charge in [-0.3, -0.25) is 9.59 Å². The molecule has 7 rings (SSSR count). The van der Waals surface area contributed by atoms with Crippen molar-refractivity contribution in [3.05, 3.63) is 134 Å². The number of allylic oxidation sites excluding steroid dienone is 1. The number of phenols is 1. The molecule has 1 heterocycles. The van der Waals surface area contributed by atoms with Crippen molar-refractivity contribution >= 4 is 66.0 Å². The number of ketones is 2. The first kappa shape index (κ1) is 40.4. The molecular formula is C46H50BIO7Si. The summed E-state index contributed by atoms with van der Waals surface area (Å²) in [6.45, 7) is 9.16. The predicted octanol–water partition coefficient (Wildman–Crippen LogP) is 8.66. The van der Waals surface area contributed by atoms with E-state index in [1.807, 2.05) is 36.4 Å². The smallest absolute Gasteiger partial charge is 0.455 e. The number of carbonyl (C=O) groups excluding carboxylic acids is 2. The molecule has 0 bridgehead atoms. The maximum absolute atomic E-state index is 14.4. The van der Waals surface area contributed by atoms with Crippen molar-refractivity contribution in [3.8, 4) is 11.5 Å². The number of phenolic OH excluding ortho intramolecular Hbond substituents is 1. The van der Waals surface area contributed by atoms with Gasteiger partial charge in [0.2, 0.25) is 0 Å². The van der Waals surface area contributed by atoms with Crippen LogP contribution in [0, 0.1) is 21.3 Å². The zero-order valence-electron chi connectivity index (χ0n) is 32.8. The maximum atomic E-state index is 14.4. The molecule has 0 spiro atoms. The average Bonchev–Trinajstić information content (AvgIpc) is 3.19. The third-order valence-corrected chi connectivity index (χ3v) is 17.9. The standard InChI is InChI=1S/C46H50BIO7Si/c1-6-29(23-30-24-38(48)45(51)40(25-30)53-5)21-22-39-41-31(28-54-56(46(2,3)4,32-15-9-7-10-16-32)33-17-11-8-12-18-33)26-36-42(37(41)27-47(52)55-39)44(50)35-20-14-13-19-34(35)43(36)49/h7-20,23-25,36-37,39,42,51-52H,6,21-22,26-28H2,1-5H3/b29-23+/t36-,37+,39-,42-/m1/s1. The Kier molecular flexibility index (Phi) is 12.0. The largest absolute Gasteiger partial charge is 0.504 e. The monoisotopic (exact) mass is 880 g/mol. The van der Waals surface area contributed by atoms with Crippen LogP contribution in [0.3, 0.4) is 0 Å². The van der Waals surface area contributed by atoms with Crippen LogP contribution in [-0.4, -0.2) is 57.0 Å². The molecule has 4 aromatic rings. The van der Waals surface area contributed by atoms with Crippen LogP contribution in [0.5, 0.6) is 11.5 Å². The number of rotatable bonds is 11. The second-order valence-corrected chi connectivity index (χ2v) is 21.8. The number of Topliss-reactive ketones (excluding diaryl/α,β-unsaturated/α-hetero) is 2. The summed E-state index contributed by atoms with van der Waals surface area (Å²) < 4.78 is 20.1. The van der Waals surface area contributed by atoms with Crippen LogP contribution >= 0.6 is 22.6 Å². The highest BCUT2D eigenvalue weighted by Gasteiger charge is 2.55. The van der Waals surface area contributed by atoms with E-state index >= 15 is 0 Å². The Bertz CT molecular complexity index is 2120. The maximum Gasteiger partial charge on any atom is 0.455 e. The van der Waals surface area contributed by atoms with Gasteiger partial charge in [0.15, 0.2) is 23.1 Å². The van der Waals surface area contributed by atoms with Crippen molar-refractivity contribution in [3.63, 3.8) is 0 Å². The van der Waals surface area contributed by atoms with E-state index in [0.717, 1.165) is 33.5 Å². The van der Waals surface area contributed by atoms with E-state index in [9.17, 15) is 19.7 Å². The molecule has 4 aromatic carbocycles. The van der Waals surface area contributed by atoms with Gasteiger partial charge < -0.3 is 23.9 Å². The van der Waals surface area contributed by atoms with Crippen LogP contribution in [0.25, 0.3) is 6.08 Å². The summed E-state index contributed by atoms with van der Waals surface area (Å²) in [7, 11) is -2.51. The van der Waals surface area contributed by atoms with Gasteiger partial charge in [-0.1, -0.05) is 124 Å². The second kappa shape index (κ2) is 16.6. The quantitative estimate of drug-likeness (QED) is 0.0884. The van der Waals surface area contributed by atoms with Crippen molar-refractivity contribution in [2.45, 2.75) is 70.8 Å². The lowest BCUT2D eigenvalue weighted by molar-refractivity contribution is 0.0591. The van der Waals surface area contributed by atoms with E-state index < -0.39 is 33.4 Å². The molecule has 1 fully saturated rings. The molecule has 2 N–H and O–H groups in total. The fourth-order valence-electron chi connectivity index (χ4n) is 9.49. The molecule has 0 unspecified atom stereocenters. The summed E-state index contributed by atoms with van der Waals surface area (Å²) in [5.74, 6) is -1.02. The molecule has 1 aliphatic heterocycles. The Morgan fingerprint density at radius 3 is 2.12 bits per heavy atom. The third kappa shape index (κ3) is 7.51. The highest BCUT2D eigenvalue weighted by atomic mass is 127. The number of benzene rings is 4. The van der Waals surface area contributed by atoms with Gasteiger partial charge in [-0.2, -0.15) is 0 Å². The lowest BCUT2D eigenvalue weighted by Gasteiger charge is -2.48. The summed E-state index contributed by atoms with van der Waals surface area (Å²) in [5.41, 5.74) is 5.06. The van der Waals surface area contributed by atoms with Crippen LogP contribution in [0.1, 0.15) is 79.7 Å². The first-order valence-corrected chi connectivity index (χ1v) is 22.6. The van der Waals surface area contributed by atoms with Gasteiger partial charge in [0.1, 0.15) is 0 Å². The Hall–Kier alpha value is -3.81. The van der Waals surface area contributed by atoms with Crippen molar-refractivity contribution in [1.29, 1.82) is 0 Å². The summed E-state index contributed by atoms with van der Waals surface area (Å²) in [6, 6.07) is 32.0. The Morgan fingerprint density at radius 2 is 1.54 bits per heavy atom. The van der Waals surface area contributed by atoms with Crippen molar-refractivity contribution in [2.24, 2.45) is 17.8 Å². The van der Waals surface area contributed by atoms with Crippen LogP contribution < -0.4 is 15.1 Å². The lowest BCUT2D eigenvalue weighted by Crippen LogP contribution is -2.66. The second-order valence-electron chi connectivity index (χ2n) is 16.3. The topological polar surface area (TPSA) is 102 Å². The highest BCUT2D eigenvalue weighted by molar-refractivity contribution is 14.1. The fraction of sp³-hybridized carbons (Fsp3) is 0.348. The number of ether oxygens (including phenoxy) is 1. The molecule has 1 saturated heterocycles. The average molecular weight is 881 g/mol. The molecule has 7 nitrogen and oxygen atoms in total. The zero-order chi connectivity index (χ0) is 39.8. The molecule has 10 heteroatoms. The van der Waals surface area contributed by atoms with E-state index in [-0.39, 0.29) is 41.2 Å². The summed E-state index contributed by atoms with van der Waals surface area (Å²) >= 11 is 2.11. The molecule has 0 saturated carbocycles. The number of methoxy groups -OCH3 is 1. The van der Waals surface area contributed by atoms with Crippen molar-refractivity contribution in [2.75, 3.05) is 13.7 Å². The number of aromatic hydroxyl groups is 1. The summed E-state index contributed by atoms with van der Waals surface area (Å²) in [6.07, 6.45) is 4.32. The molecule has 0 amide bonds. The number of fused-ring (bicyclic) bond motifs is 4. The Balaban J connectivity index is 1.32. The summed E-state index contributed by atoms with van der Waals surface area (Å²) in [4.78, 5) is 28.8. The first-order chi connectivity index (χ1) is 26.9. The number of hydrogen-bond donors (Lipinski definition) is 2. The van der Waals surface area contributed by atoms with Gasteiger partial charge in [-0.25, -0.2) is 0 Å². The Labute approximate surface area is 345 Å². The van der Waals surface area contributed by atoms with Crippen LogP contribution in [0.15, 0.2) is 114 Å². The van der Waals surface area contributed by atoms with Gasteiger partial charge >= 0.3 is 7.12 Å². The molecule has 3 aliphatic rings. The molecule has 290 valence electrons. The van der Waals surface area contributed by atoms with Crippen LogP contribution in [-0.2, 0) is 9.08 Å². The molecule has 0 aromatic heterocycles. The van der Waals surface area contributed by atoms with Crippen LogP contribution in [0.4, 0.5) is 0 Å². The van der Waals surface area contributed by atoms with Crippen LogP contribution in [0.2, 0.25) is 11.4 Å². The van der Waals surface area contributed by atoms with E-state index in [2.05, 4.69) is 105 Å². The molecule has 2 aliphatic carbocycles. The van der Waals surface area contributed by atoms with Crippen molar-refractivity contribution < 1.29 is 33.5 Å². The summed E-state index contributed by atoms with van der Waals surface area (Å²) in [5, 5.41) is 23.9. The Morgan fingerprint density at radius 1 is 0.929 bits per heavy atom.